The van der Waals surface area contributed by atoms with Crippen molar-refractivity contribution in [2.24, 2.45) is 7.05 Å². The highest BCUT2D eigenvalue weighted by molar-refractivity contribution is 7.99. The molecule has 1 saturated carbocycles. The quantitative estimate of drug-likeness (QED) is 0.793. The lowest BCUT2D eigenvalue weighted by atomic mass is 10.0. The molecule has 1 aliphatic carbocycles. The minimum Gasteiger partial charge on any atom is -0.355 e. The van der Waals surface area contributed by atoms with Gasteiger partial charge in [0.2, 0.25) is 5.91 Å². The highest BCUT2D eigenvalue weighted by Gasteiger charge is 2.29. The molecule has 2 aromatic rings. The summed E-state index contributed by atoms with van der Waals surface area (Å²) in [6.45, 7) is 2.77. The summed E-state index contributed by atoms with van der Waals surface area (Å²) in [4.78, 5) is 12.0. The number of carbonyl (C=O) groups is 1. The predicted molar refractivity (Wildman–Crippen MR) is 91.6 cm³/mol. The molecule has 1 aromatic carbocycles. The monoisotopic (exact) mass is 330 g/mol. The summed E-state index contributed by atoms with van der Waals surface area (Å²) in [6, 6.07) is 10.2. The van der Waals surface area contributed by atoms with Crippen LogP contribution in [0.5, 0.6) is 0 Å². The predicted octanol–water partition coefficient (Wildman–Crippen LogP) is 2.70. The van der Waals surface area contributed by atoms with Gasteiger partial charge in [0.15, 0.2) is 5.16 Å². The molecule has 1 aliphatic rings. The van der Waals surface area contributed by atoms with Crippen LogP contribution in [-0.2, 0) is 11.8 Å². The molecule has 0 unspecified atom stereocenters. The van der Waals surface area contributed by atoms with Crippen molar-refractivity contribution in [3.63, 3.8) is 0 Å². The zero-order chi connectivity index (χ0) is 16.2. The third kappa shape index (κ3) is 4.13. The van der Waals surface area contributed by atoms with Crippen LogP contribution < -0.4 is 5.32 Å². The van der Waals surface area contributed by atoms with Crippen LogP contribution in [0.2, 0.25) is 0 Å². The molecule has 0 bridgehead atoms. The molecule has 1 fully saturated rings. The Morgan fingerprint density at radius 1 is 1.35 bits per heavy atom. The standard InChI is InChI=1S/C17H22N4OS/c1-12(13-6-4-3-5-7-13)10-18-15(22)11-23-17-20-19-16(21(17)2)14-8-9-14/h3-7,12,14H,8-11H2,1-2H3,(H,18,22)/t12-/m0/s1. The Balaban J connectivity index is 1.44. The van der Waals surface area contributed by atoms with E-state index in [4.69, 9.17) is 0 Å². The molecule has 6 heteroatoms. The highest BCUT2D eigenvalue weighted by atomic mass is 32.2. The fourth-order valence-electron chi connectivity index (χ4n) is 2.50. The molecular weight excluding hydrogens is 308 g/mol. The maximum atomic E-state index is 12.0. The number of rotatable bonds is 7. The second-order valence-corrected chi connectivity index (χ2v) is 7.02. The summed E-state index contributed by atoms with van der Waals surface area (Å²) in [6.07, 6.45) is 2.41. The molecule has 0 saturated heterocycles. The van der Waals surface area contributed by atoms with Gasteiger partial charge in [-0.3, -0.25) is 4.79 Å². The van der Waals surface area contributed by atoms with Crippen LogP contribution in [0.3, 0.4) is 0 Å². The van der Waals surface area contributed by atoms with Crippen molar-refractivity contribution in [3.05, 3.63) is 41.7 Å². The molecule has 0 spiro atoms. The van der Waals surface area contributed by atoms with E-state index in [0.717, 1.165) is 11.0 Å². The van der Waals surface area contributed by atoms with E-state index in [2.05, 4.69) is 34.6 Å². The molecule has 5 nitrogen and oxygen atoms in total. The zero-order valence-electron chi connectivity index (χ0n) is 13.5. The smallest absolute Gasteiger partial charge is 0.230 e. The molecule has 3 rings (SSSR count). The summed E-state index contributed by atoms with van der Waals surface area (Å²) in [7, 11) is 1.98. The van der Waals surface area contributed by atoms with Gasteiger partial charge >= 0.3 is 0 Å². The first-order chi connectivity index (χ1) is 11.1. The van der Waals surface area contributed by atoms with Crippen LogP contribution in [0, 0.1) is 0 Å². The number of carbonyl (C=O) groups excluding carboxylic acids is 1. The number of thioether (sulfide) groups is 1. The summed E-state index contributed by atoms with van der Waals surface area (Å²) in [5, 5.41) is 12.2. The Hall–Kier alpha value is -1.82. The third-order valence-electron chi connectivity index (χ3n) is 4.12. The minimum absolute atomic E-state index is 0.0359. The SMILES string of the molecule is C[C@@H](CNC(=O)CSc1nnc(C2CC2)n1C)c1ccccc1. The van der Waals surface area contributed by atoms with E-state index in [0.29, 0.717) is 24.1 Å². The van der Waals surface area contributed by atoms with Crippen molar-refractivity contribution < 1.29 is 4.79 Å². The summed E-state index contributed by atoms with van der Waals surface area (Å²) >= 11 is 1.45. The van der Waals surface area contributed by atoms with Crippen molar-refractivity contribution in [2.45, 2.75) is 36.8 Å². The van der Waals surface area contributed by atoms with Gasteiger partial charge in [0.05, 0.1) is 5.75 Å². The Labute approximate surface area is 140 Å². The van der Waals surface area contributed by atoms with Gasteiger partial charge in [-0.15, -0.1) is 10.2 Å². The van der Waals surface area contributed by atoms with Crippen molar-refractivity contribution in [2.75, 3.05) is 12.3 Å². The second-order valence-electron chi connectivity index (χ2n) is 6.08. The first-order valence-electron chi connectivity index (χ1n) is 7.99. The van der Waals surface area contributed by atoms with Crippen LogP contribution in [0.15, 0.2) is 35.5 Å². The minimum atomic E-state index is 0.0359. The van der Waals surface area contributed by atoms with E-state index in [9.17, 15) is 4.79 Å². The van der Waals surface area contributed by atoms with E-state index in [1.54, 1.807) is 0 Å². The van der Waals surface area contributed by atoms with E-state index in [-0.39, 0.29) is 5.91 Å². The van der Waals surface area contributed by atoms with E-state index in [1.165, 1.54) is 30.2 Å². The van der Waals surface area contributed by atoms with Gasteiger partial charge in [0.1, 0.15) is 5.82 Å². The second kappa shape index (κ2) is 7.17. The third-order valence-corrected chi connectivity index (χ3v) is 5.14. The van der Waals surface area contributed by atoms with Gasteiger partial charge in [-0.05, 0) is 24.3 Å². The van der Waals surface area contributed by atoms with Gasteiger partial charge in [0.25, 0.3) is 0 Å². The van der Waals surface area contributed by atoms with Crippen molar-refractivity contribution >= 4 is 17.7 Å². The number of nitrogens with zero attached hydrogens (tertiary/aromatic N) is 3. The Morgan fingerprint density at radius 2 is 2.09 bits per heavy atom. The maximum absolute atomic E-state index is 12.0. The van der Waals surface area contributed by atoms with Gasteiger partial charge in [0, 0.05) is 19.5 Å². The van der Waals surface area contributed by atoms with Crippen LogP contribution in [0.25, 0.3) is 0 Å². The number of hydrogen-bond acceptors (Lipinski definition) is 4. The van der Waals surface area contributed by atoms with Crippen LogP contribution in [0.4, 0.5) is 0 Å². The van der Waals surface area contributed by atoms with Gasteiger partial charge in [-0.25, -0.2) is 0 Å². The number of amides is 1. The van der Waals surface area contributed by atoms with Crippen molar-refractivity contribution in [3.8, 4) is 0 Å². The first kappa shape index (κ1) is 16.1. The number of benzene rings is 1. The molecule has 0 aliphatic heterocycles. The Kier molecular flexibility index (Phi) is 5.00. The molecule has 122 valence electrons. The van der Waals surface area contributed by atoms with Crippen molar-refractivity contribution in [1.82, 2.24) is 20.1 Å². The topological polar surface area (TPSA) is 59.8 Å². The summed E-state index contributed by atoms with van der Waals surface area (Å²) in [5.74, 6) is 2.33. The molecule has 23 heavy (non-hydrogen) atoms. The molecule has 1 amide bonds. The molecule has 1 N–H and O–H groups in total. The highest BCUT2D eigenvalue weighted by Crippen LogP contribution is 2.39. The van der Waals surface area contributed by atoms with Crippen molar-refractivity contribution in [1.29, 1.82) is 0 Å². The average molecular weight is 330 g/mol. The average Bonchev–Trinajstić information content (AvgIpc) is 3.35. The van der Waals surface area contributed by atoms with Gasteiger partial charge in [-0.1, -0.05) is 49.0 Å². The Morgan fingerprint density at radius 3 is 2.78 bits per heavy atom. The maximum Gasteiger partial charge on any atom is 0.230 e. The fraction of sp³-hybridized carbons (Fsp3) is 0.471. The van der Waals surface area contributed by atoms with Gasteiger partial charge < -0.3 is 9.88 Å². The number of aromatic nitrogens is 3. The summed E-state index contributed by atoms with van der Waals surface area (Å²) < 4.78 is 2.02. The lowest BCUT2D eigenvalue weighted by molar-refractivity contribution is -0.118. The lowest BCUT2D eigenvalue weighted by Crippen LogP contribution is -2.29. The molecule has 1 aromatic heterocycles. The zero-order valence-corrected chi connectivity index (χ0v) is 14.3. The number of hydrogen-bond donors (Lipinski definition) is 1. The lowest BCUT2D eigenvalue weighted by Gasteiger charge is -2.12. The van der Waals surface area contributed by atoms with E-state index in [1.807, 2.05) is 29.8 Å². The molecule has 1 heterocycles. The fourth-order valence-corrected chi connectivity index (χ4v) is 3.24. The molecule has 1 atom stereocenters. The van der Waals surface area contributed by atoms with E-state index < -0.39 is 0 Å². The van der Waals surface area contributed by atoms with Gasteiger partial charge in [-0.2, -0.15) is 0 Å². The summed E-state index contributed by atoms with van der Waals surface area (Å²) in [5.41, 5.74) is 1.24. The largest absolute Gasteiger partial charge is 0.355 e. The normalized spacial score (nSPS) is 15.4. The van der Waals surface area contributed by atoms with Crippen LogP contribution in [0.1, 0.15) is 43.0 Å². The number of nitrogens with one attached hydrogen (secondary N) is 1. The molecular formula is C17H22N4OS. The first-order valence-corrected chi connectivity index (χ1v) is 8.97. The van der Waals surface area contributed by atoms with Crippen LogP contribution in [-0.4, -0.2) is 33.0 Å². The van der Waals surface area contributed by atoms with E-state index >= 15 is 0 Å². The van der Waals surface area contributed by atoms with Crippen LogP contribution >= 0.6 is 11.8 Å². The Bertz CT molecular complexity index is 666. The molecule has 0 radical (unpaired) electrons.